The Balaban J connectivity index is 2.14. The van der Waals surface area contributed by atoms with Crippen LogP contribution in [0.2, 0.25) is 0 Å². The number of nitrogens with two attached hydrogens (primary N) is 1. The number of nitrogens with zero attached hydrogens (tertiary/aromatic N) is 2. The molecule has 3 N–H and O–H groups in total. The third-order valence-electron chi connectivity index (χ3n) is 1.92. The van der Waals surface area contributed by atoms with Gasteiger partial charge in [0.25, 0.3) is 0 Å². The van der Waals surface area contributed by atoms with Crippen LogP contribution in [0.15, 0.2) is 22.6 Å². The molecule has 0 spiro atoms. The van der Waals surface area contributed by atoms with E-state index in [1.165, 1.54) is 23.5 Å². The predicted octanol–water partition coefficient (Wildman–Crippen LogP) is 3.05. The van der Waals surface area contributed by atoms with Gasteiger partial charge in [0.15, 0.2) is 0 Å². The normalized spacial score (nSPS) is 11.1. The summed E-state index contributed by atoms with van der Waals surface area (Å²) in [6.45, 7) is 0. The number of aromatic nitrogens is 1. The van der Waals surface area contributed by atoms with Crippen LogP contribution in [0, 0.1) is 15.2 Å². The van der Waals surface area contributed by atoms with Crippen molar-refractivity contribution in [2.75, 3.05) is 11.2 Å². The van der Waals surface area contributed by atoms with Crippen LogP contribution < -0.4 is 11.2 Å². The molecule has 4 nitrogen and oxygen atoms in total. The first-order valence-corrected chi connectivity index (χ1v) is 6.66. The number of nitrogen functional groups attached to an aromatic ring is 1. The first-order chi connectivity index (χ1) is 8.56. The van der Waals surface area contributed by atoms with E-state index >= 15 is 0 Å². The molecule has 0 aliphatic rings. The fraction of sp³-hybridized carbons (Fsp3) is 0. The van der Waals surface area contributed by atoms with Gasteiger partial charge in [0.1, 0.15) is 17.5 Å². The second kappa shape index (κ2) is 5.57. The summed E-state index contributed by atoms with van der Waals surface area (Å²) in [5, 5.41) is 5.79. The quantitative estimate of drug-likeness (QED) is 0.489. The number of halogens is 3. The van der Waals surface area contributed by atoms with Crippen molar-refractivity contribution in [1.29, 1.82) is 0 Å². The molecule has 0 aliphatic heterocycles. The topological polar surface area (TPSA) is 63.3 Å². The molecule has 0 fully saturated rings. The summed E-state index contributed by atoms with van der Waals surface area (Å²) in [6, 6.07) is 2.46. The lowest BCUT2D eigenvalue weighted by molar-refractivity contribution is 0.578. The van der Waals surface area contributed by atoms with Crippen LogP contribution in [0.25, 0.3) is 0 Å². The summed E-state index contributed by atoms with van der Waals surface area (Å²) in [6.07, 6.45) is 1.07. The smallest absolute Gasteiger partial charge is 0.205 e. The predicted molar refractivity (Wildman–Crippen MR) is 76.8 cm³/mol. The average Bonchev–Trinajstić information content (AvgIpc) is 2.68. The minimum absolute atomic E-state index is 0.201. The molecule has 0 saturated carbocycles. The number of nitrogens with one attached hydrogen (secondary N) is 1. The molecular formula is C10H7F2IN4S. The Morgan fingerprint density at radius 2 is 2.06 bits per heavy atom. The number of rotatable bonds is 3. The first kappa shape index (κ1) is 13.1. The third-order valence-corrected chi connectivity index (χ3v) is 3.31. The second-order valence-corrected chi connectivity index (χ2v) is 5.33. The molecule has 94 valence electrons. The summed E-state index contributed by atoms with van der Waals surface area (Å²) in [4.78, 5) is 3.88. The molecule has 0 radical (unpaired) electrons. The van der Waals surface area contributed by atoms with E-state index in [2.05, 4.69) is 15.5 Å². The Bertz CT molecular complexity index is 576. The Morgan fingerprint density at radius 3 is 2.61 bits per heavy atom. The number of thiazole rings is 1. The monoisotopic (exact) mass is 380 g/mol. The van der Waals surface area contributed by atoms with E-state index < -0.39 is 11.6 Å². The van der Waals surface area contributed by atoms with E-state index in [1.54, 1.807) is 5.38 Å². The SMILES string of the molecule is Nc1csc(NN=Cc2c(F)cc(I)cc2F)n1. The first-order valence-electron chi connectivity index (χ1n) is 4.71. The van der Waals surface area contributed by atoms with Crippen molar-refractivity contribution >= 4 is 51.1 Å². The van der Waals surface area contributed by atoms with Crippen molar-refractivity contribution in [3.8, 4) is 0 Å². The van der Waals surface area contributed by atoms with Crippen molar-refractivity contribution < 1.29 is 8.78 Å². The maximum Gasteiger partial charge on any atom is 0.205 e. The summed E-state index contributed by atoms with van der Waals surface area (Å²) >= 11 is 3.08. The van der Waals surface area contributed by atoms with Gasteiger partial charge < -0.3 is 5.73 Å². The van der Waals surface area contributed by atoms with Crippen molar-refractivity contribution in [2.45, 2.75) is 0 Å². The minimum Gasteiger partial charge on any atom is -0.383 e. The van der Waals surface area contributed by atoms with E-state index in [1.807, 2.05) is 22.6 Å². The van der Waals surface area contributed by atoms with Crippen LogP contribution in [0.4, 0.5) is 19.7 Å². The van der Waals surface area contributed by atoms with Gasteiger partial charge in [-0.15, -0.1) is 11.3 Å². The summed E-state index contributed by atoms with van der Waals surface area (Å²) in [5.74, 6) is -0.962. The van der Waals surface area contributed by atoms with Gasteiger partial charge in [-0.05, 0) is 34.7 Å². The van der Waals surface area contributed by atoms with Gasteiger partial charge in [0.05, 0.1) is 11.8 Å². The molecule has 0 aliphatic carbocycles. The van der Waals surface area contributed by atoms with Gasteiger partial charge >= 0.3 is 0 Å². The fourth-order valence-corrected chi connectivity index (χ4v) is 2.26. The molecule has 1 aromatic carbocycles. The Labute approximate surface area is 119 Å². The largest absolute Gasteiger partial charge is 0.383 e. The lowest BCUT2D eigenvalue weighted by Gasteiger charge is -2.00. The summed E-state index contributed by atoms with van der Waals surface area (Å²) < 4.78 is 27.4. The van der Waals surface area contributed by atoms with Gasteiger partial charge in [-0.3, -0.25) is 5.43 Å². The number of hydrogen-bond donors (Lipinski definition) is 2. The number of benzene rings is 1. The zero-order valence-corrected chi connectivity index (χ0v) is 11.8. The highest BCUT2D eigenvalue weighted by Crippen LogP contribution is 2.17. The molecule has 0 bridgehead atoms. The van der Waals surface area contributed by atoms with Crippen LogP contribution in [0.3, 0.4) is 0 Å². The summed E-state index contributed by atoms with van der Waals surface area (Å²) in [7, 11) is 0. The van der Waals surface area contributed by atoms with Crippen LogP contribution in [0.1, 0.15) is 5.56 Å². The number of hydrogen-bond acceptors (Lipinski definition) is 5. The molecule has 2 rings (SSSR count). The van der Waals surface area contributed by atoms with Crippen LogP contribution in [-0.2, 0) is 0 Å². The Kier molecular flexibility index (Phi) is 4.07. The van der Waals surface area contributed by atoms with E-state index in [-0.39, 0.29) is 5.56 Å². The van der Waals surface area contributed by atoms with E-state index in [4.69, 9.17) is 5.73 Å². The van der Waals surface area contributed by atoms with Gasteiger partial charge in [-0.1, -0.05) is 0 Å². The zero-order chi connectivity index (χ0) is 13.1. The van der Waals surface area contributed by atoms with Gasteiger partial charge in [0.2, 0.25) is 5.13 Å². The summed E-state index contributed by atoms with van der Waals surface area (Å²) in [5.41, 5.74) is 7.76. The van der Waals surface area contributed by atoms with E-state index in [0.29, 0.717) is 14.5 Å². The lowest BCUT2D eigenvalue weighted by Crippen LogP contribution is -1.98. The number of anilines is 2. The van der Waals surface area contributed by atoms with Crippen molar-refractivity contribution in [2.24, 2.45) is 5.10 Å². The highest BCUT2D eigenvalue weighted by atomic mass is 127. The fourth-order valence-electron chi connectivity index (χ4n) is 1.17. The van der Waals surface area contributed by atoms with Crippen molar-refractivity contribution in [3.05, 3.63) is 38.3 Å². The molecule has 8 heteroatoms. The molecule has 2 aromatic rings. The molecular weight excluding hydrogens is 373 g/mol. The number of hydrazone groups is 1. The Morgan fingerprint density at radius 1 is 1.39 bits per heavy atom. The highest BCUT2D eigenvalue weighted by molar-refractivity contribution is 14.1. The molecule has 1 heterocycles. The van der Waals surface area contributed by atoms with Crippen LogP contribution in [-0.4, -0.2) is 11.2 Å². The average molecular weight is 380 g/mol. The lowest BCUT2D eigenvalue weighted by atomic mass is 10.2. The molecule has 0 atom stereocenters. The van der Waals surface area contributed by atoms with Gasteiger partial charge in [-0.25, -0.2) is 13.8 Å². The molecule has 0 unspecified atom stereocenters. The van der Waals surface area contributed by atoms with E-state index in [0.717, 1.165) is 6.21 Å². The second-order valence-electron chi connectivity index (χ2n) is 3.23. The third kappa shape index (κ3) is 3.13. The Hall–Kier alpha value is -1.29. The molecule has 18 heavy (non-hydrogen) atoms. The minimum atomic E-state index is -0.663. The molecule has 0 saturated heterocycles. The molecule has 0 amide bonds. The molecule has 1 aromatic heterocycles. The maximum absolute atomic E-state index is 13.4. The zero-order valence-electron chi connectivity index (χ0n) is 8.82. The van der Waals surface area contributed by atoms with Gasteiger partial charge in [-0.2, -0.15) is 5.10 Å². The standard InChI is InChI=1S/C10H7F2IN4S/c11-7-1-5(13)2-8(12)6(7)3-15-17-10-16-9(14)4-18-10/h1-4H,14H2,(H,16,17). The van der Waals surface area contributed by atoms with Crippen LogP contribution in [0.5, 0.6) is 0 Å². The van der Waals surface area contributed by atoms with Gasteiger partial charge in [0, 0.05) is 8.95 Å². The van der Waals surface area contributed by atoms with Crippen molar-refractivity contribution in [3.63, 3.8) is 0 Å². The van der Waals surface area contributed by atoms with E-state index in [9.17, 15) is 8.78 Å². The van der Waals surface area contributed by atoms with Crippen molar-refractivity contribution in [1.82, 2.24) is 4.98 Å². The maximum atomic E-state index is 13.4. The van der Waals surface area contributed by atoms with Crippen LogP contribution >= 0.6 is 33.9 Å². The highest BCUT2D eigenvalue weighted by Gasteiger charge is 2.08.